The highest BCUT2D eigenvalue weighted by Gasteiger charge is 2.34. The van der Waals surface area contributed by atoms with Gasteiger partial charge in [-0.15, -0.1) is 3.89 Å². The van der Waals surface area contributed by atoms with Gasteiger partial charge in [0.15, 0.2) is 0 Å². The highest BCUT2D eigenvalue weighted by molar-refractivity contribution is 7.86. The van der Waals surface area contributed by atoms with Crippen molar-refractivity contribution in [2.24, 2.45) is 13.0 Å². The molecule has 1 aromatic rings. The van der Waals surface area contributed by atoms with Crippen molar-refractivity contribution in [1.82, 2.24) is 9.78 Å². The number of anilines is 1. The van der Waals surface area contributed by atoms with E-state index in [1.54, 1.807) is 17.9 Å². The molecule has 0 bridgehead atoms. The van der Waals surface area contributed by atoms with Crippen LogP contribution in [0.15, 0.2) is 6.20 Å². The van der Waals surface area contributed by atoms with Crippen molar-refractivity contribution in [3.8, 4) is 0 Å². The second-order valence-corrected chi connectivity index (χ2v) is 5.93. The normalized spacial score (nSPS) is 20.7. The van der Waals surface area contributed by atoms with E-state index in [1.165, 1.54) is 4.90 Å². The maximum atomic E-state index is 12.6. The third-order valence-corrected chi connectivity index (χ3v) is 4.01. The number of hydrogen-bond acceptors (Lipinski definition) is 4. The second kappa shape index (κ2) is 4.34. The number of nitrogens with zero attached hydrogens (tertiary/aromatic N) is 3. The van der Waals surface area contributed by atoms with Crippen LogP contribution in [0, 0.1) is 12.8 Å². The van der Waals surface area contributed by atoms with E-state index >= 15 is 0 Å². The fraction of sp³-hybridized carbons (Fsp3) is 0.600. The molecular formula is C10H14FN3O3S. The Morgan fingerprint density at radius 3 is 2.72 bits per heavy atom. The number of carbonyl (C=O) groups is 1. The molecular weight excluding hydrogens is 261 g/mol. The van der Waals surface area contributed by atoms with E-state index in [1.807, 2.05) is 6.92 Å². The first-order valence-electron chi connectivity index (χ1n) is 5.49. The number of halogens is 1. The summed E-state index contributed by atoms with van der Waals surface area (Å²) in [6, 6.07) is 0. The van der Waals surface area contributed by atoms with Crippen molar-refractivity contribution >= 4 is 21.8 Å². The Labute approximate surface area is 105 Å². The van der Waals surface area contributed by atoms with Crippen LogP contribution in [0.25, 0.3) is 0 Å². The van der Waals surface area contributed by atoms with Crippen LogP contribution >= 0.6 is 0 Å². The lowest BCUT2D eigenvalue weighted by Gasteiger charge is -2.15. The second-order valence-electron chi connectivity index (χ2n) is 4.52. The van der Waals surface area contributed by atoms with Crippen molar-refractivity contribution in [2.45, 2.75) is 13.3 Å². The van der Waals surface area contributed by atoms with Gasteiger partial charge in [-0.25, -0.2) is 0 Å². The van der Waals surface area contributed by atoms with E-state index in [4.69, 9.17) is 0 Å². The molecule has 1 amide bonds. The molecule has 0 radical (unpaired) electrons. The highest BCUT2D eigenvalue weighted by Crippen LogP contribution is 2.28. The standard InChI is InChI=1S/C10H14FN3O3S/c1-7-9(4-12-13(7)2)14-5-8(3-10(14)15)6-18(11,16)17/h4,8H,3,5-6H2,1-2H3. The average Bonchev–Trinajstić information content (AvgIpc) is 2.70. The van der Waals surface area contributed by atoms with Gasteiger partial charge < -0.3 is 4.90 Å². The van der Waals surface area contributed by atoms with Crippen LogP contribution in [0.5, 0.6) is 0 Å². The van der Waals surface area contributed by atoms with Crippen LogP contribution in [0.3, 0.4) is 0 Å². The molecule has 0 spiro atoms. The Hall–Kier alpha value is -1.44. The smallest absolute Gasteiger partial charge is 0.302 e. The number of rotatable bonds is 3. The lowest BCUT2D eigenvalue weighted by molar-refractivity contribution is -0.117. The molecule has 0 aliphatic carbocycles. The Morgan fingerprint density at radius 2 is 2.22 bits per heavy atom. The van der Waals surface area contributed by atoms with Gasteiger partial charge in [0.1, 0.15) is 0 Å². The largest absolute Gasteiger partial charge is 0.309 e. The van der Waals surface area contributed by atoms with E-state index < -0.39 is 21.9 Å². The first-order chi connectivity index (χ1) is 8.28. The zero-order valence-electron chi connectivity index (χ0n) is 10.1. The number of amides is 1. The SMILES string of the molecule is Cc1c(N2CC(CS(=O)(=O)F)CC2=O)cnn1C. The third-order valence-electron chi connectivity index (χ3n) is 3.14. The molecule has 1 aliphatic rings. The van der Waals surface area contributed by atoms with Gasteiger partial charge in [0.25, 0.3) is 0 Å². The maximum absolute atomic E-state index is 12.6. The summed E-state index contributed by atoms with van der Waals surface area (Å²) >= 11 is 0. The fourth-order valence-electron chi connectivity index (χ4n) is 2.16. The molecule has 2 rings (SSSR count). The van der Waals surface area contributed by atoms with Crippen LogP contribution in [0.2, 0.25) is 0 Å². The van der Waals surface area contributed by atoms with Gasteiger partial charge in [-0.2, -0.15) is 13.5 Å². The van der Waals surface area contributed by atoms with Crippen molar-refractivity contribution in [2.75, 3.05) is 17.2 Å². The van der Waals surface area contributed by atoms with E-state index in [0.29, 0.717) is 5.69 Å². The van der Waals surface area contributed by atoms with Crippen LogP contribution in [-0.2, 0) is 22.1 Å². The molecule has 8 heteroatoms. The summed E-state index contributed by atoms with van der Waals surface area (Å²) in [5, 5.41) is 4.03. The van der Waals surface area contributed by atoms with Crippen molar-refractivity contribution in [3.05, 3.63) is 11.9 Å². The Bertz CT molecular complexity index is 581. The lowest BCUT2D eigenvalue weighted by Crippen LogP contribution is -2.25. The number of aryl methyl sites for hydroxylation is 1. The minimum absolute atomic E-state index is 0.0531. The summed E-state index contributed by atoms with van der Waals surface area (Å²) in [6.45, 7) is 2.03. The summed E-state index contributed by atoms with van der Waals surface area (Å²) in [6.07, 6.45) is 1.61. The first kappa shape index (κ1) is 13.0. The van der Waals surface area contributed by atoms with Crippen molar-refractivity contribution in [3.63, 3.8) is 0 Å². The Kier molecular flexibility index (Phi) is 3.14. The Morgan fingerprint density at radius 1 is 1.56 bits per heavy atom. The van der Waals surface area contributed by atoms with Crippen molar-refractivity contribution < 1.29 is 17.1 Å². The summed E-state index contributed by atoms with van der Waals surface area (Å²) < 4.78 is 35.4. The van der Waals surface area contributed by atoms with Gasteiger partial charge in [-0.05, 0) is 6.92 Å². The third kappa shape index (κ3) is 2.53. The Balaban J connectivity index is 2.18. The number of carbonyl (C=O) groups excluding carboxylic acids is 1. The molecule has 18 heavy (non-hydrogen) atoms. The zero-order valence-corrected chi connectivity index (χ0v) is 10.9. The number of aromatic nitrogens is 2. The molecule has 1 atom stereocenters. The van der Waals surface area contributed by atoms with Gasteiger partial charge in [0.2, 0.25) is 5.91 Å². The molecule has 0 N–H and O–H groups in total. The van der Waals surface area contributed by atoms with Gasteiger partial charge >= 0.3 is 10.2 Å². The monoisotopic (exact) mass is 275 g/mol. The molecule has 0 saturated carbocycles. The summed E-state index contributed by atoms with van der Waals surface area (Å²) in [4.78, 5) is 13.3. The topological polar surface area (TPSA) is 72.3 Å². The van der Waals surface area contributed by atoms with Crippen molar-refractivity contribution in [1.29, 1.82) is 0 Å². The van der Waals surface area contributed by atoms with E-state index in [9.17, 15) is 17.1 Å². The quantitative estimate of drug-likeness (QED) is 0.748. The lowest BCUT2D eigenvalue weighted by atomic mass is 10.1. The fourth-order valence-corrected chi connectivity index (χ4v) is 2.95. The predicted octanol–water partition coefficient (Wildman–Crippen LogP) is 0.381. The first-order valence-corrected chi connectivity index (χ1v) is 7.04. The van der Waals surface area contributed by atoms with Gasteiger partial charge in [0.05, 0.1) is 23.3 Å². The maximum Gasteiger partial charge on any atom is 0.302 e. The minimum Gasteiger partial charge on any atom is -0.309 e. The molecule has 100 valence electrons. The molecule has 1 unspecified atom stereocenters. The molecule has 1 saturated heterocycles. The van der Waals surface area contributed by atoms with Crippen LogP contribution in [-0.4, -0.2) is 36.4 Å². The minimum atomic E-state index is -4.54. The van der Waals surface area contributed by atoms with E-state index in [0.717, 1.165) is 5.69 Å². The molecule has 6 nitrogen and oxygen atoms in total. The summed E-state index contributed by atoms with van der Waals surface area (Å²) in [7, 11) is -2.79. The predicted molar refractivity (Wildman–Crippen MR) is 63.3 cm³/mol. The summed E-state index contributed by atoms with van der Waals surface area (Å²) in [5.74, 6) is -1.29. The van der Waals surface area contributed by atoms with Crippen LogP contribution < -0.4 is 4.90 Å². The van der Waals surface area contributed by atoms with Gasteiger partial charge in [-0.1, -0.05) is 0 Å². The van der Waals surface area contributed by atoms with Gasteiger partial charge in [-0.3, -0.25) is 9.48 Å². The number of hydrogen-bond donors (Lipinski definition) is 0. The van der Waals surface area contributed by atoms with Crippen LogP contribution in [0.1, 0.15) is 12.1 Å². The molecule has 2 heterocycles. The molecule has 1 fully saturated rings. The average molecular weight is 275 g/mol. The van der Waals surface area contributed by atoms with Crippen LogP contribution in [0.4, 0.5) is 9.57 Å². The highest BCUT2D eigenvalue weighted by atomic mass is 32.3. The zero-order chi connectivity index (χ0) is 13.5. The molecule has 1 aromatic heterocycles. The molecule has 1 aliphatic heterocycles. The van der Waals surface area contributed by atoms with E-state index in [2.05, 4.69) is 5.10 Å². The summed E-state index contributed by atoms with van der Waals surface area (Å²) in [5.41, 5.74) is 1.47. The van der Waals surface area contributed by atoms with Gasteiger partial charge in [0, 0.05) is 25.9 Å². The molecule has 0 aromatic carbocycles. The van der Waals surface area contributed by atoms with E-state index in [-0.39, 0.29) is 18.9 Å².